The number of nitrogens with zero attached hydrogens (tertiary/aromatic N) is 3. The Balaban J connectivity index is 1.08. The number of nitrogens with one attached hydrogen (secondary N) is 2. The zero-order valence-electron chi connectivity index (χ0n) is 22.3. The molecule has 1 aliphatic carbocycles. The molecule has 0 radical (unpaired) electrons. The standard InChI is InChI=1S/C31H35N5O3/c1-35(30(37)15-6-23-16-19-32-20-17-23)27-18-21-36(22-27)26-11-7-24(8-12-26)33-31(38)34-25-9-13-29(14-10-25)39-28-4-2-3-5-28/h6-17,19-20,27-28H,2-5,18,21-22H2,1H3,(H2,33,34,38)/b15-6+. The molecule has 1 aromatic heterocycles. The van der Waals surface area contributed by atoms with Crippen LogP contribution in [0, 0.1) is 0 Å². The van der Waals surface area contributed by atoms with Gasteiger partial charge in [0.2, 0.25) is 5.91 Å². The van der Waals surface area contributed by atoms with Crippen molar-refractivity contribution < 1.29 is 14.3 Å². The third-order valence-corrected chi connectivity index (χ3v) is 7.39. The number of anilines is 3. The fourth-order valence-corrected chi connectivity index (χ4v) is 5.10. The molecule has 1 saturated heterocycles. The Morgan fingerprint density at radius 2 is 1.56 bits per heavy atom. The molecular formula is C31H35N5O3. The first kappa shape index (κ1) is 26.3. The number of likely N-dealkylation sites (N-methyl/N-ethyl adjacent to an activating group) is 1. The third-order valence-electron chi connectivity index (χ3n) is 7.39. The van der Waals surface area contributed by atoms with Crippen molar-refractivity contribution in [3.05, 3.63) is 84.7 Å². The highest BCUT2D eigenvalue weighted by molar-refractivity contribution is 5.99. The average molecular weight is 526 g/mol. The van der Waals surface area contributed by atoms with E-state index in [0.29, 0.717) is 17.5 Å². The Kier molecular flexibility index (Phi) is 8.41. The monoisotopic (exact) mass is 525 g/mol. The van der Waals surface area contributed by atoms with Gasteiger partial charge in [0.25, 0.3) is 0 Å². The summed E-state index contributed by atoms with van der Waals surface area (Å²) in [6.45, 7) is 1.63. The van der Waals surface area contributed by atoms with E-state index in [2.05, 4.69) is 20.5 Å². The van der Waals surface area contributed by atoms with Gasteiger partial charge in [0.05, 0.1) is 12.1 Å². The van der Waals surface area contributed by atoms with E-state index in [1.165, 1.54) is 12.8 Å². The predicted octanol–water partition coefficient (Wildman–Crippen LogP) is 5.80. The molecule has 3 aromatic rings. The summed E-state index contributed by atoms with van der Waals surface area (Å²) in [4.78, 5) is 33.2. The van der Waals surface area contributed by atoms with Gasteiger partial charge >= 0.3 is 6.03 Å². The van der Waals surface area contributed by atoms with Crippen LogP contribution in [0.3, 0.4) is 0 Å². The van der Waals surface area contributed by atoms with Gasteiger partial charge in [0.15, 0.2) is 0 Å². The van der Waals surface area contributed by atoms with Gasteiger partial charge in [0.1, 0.15) is 5.75 Å². The quantitative estimate of drug-likeness (QED) is 0.363. The predicted molar refractivity (Wildman–Crippen MR) is 155 cm³/mol. The van der Waals surface area contributed by atoms with E-state index in [9.17, 15) is 9.59 Å². The lowest BCUT2D eigenvalue weighted by Crippen LogP contribution is -2.38. The number of rotatable bonds is 8. The summed E-state index contributed by atoms with van der Waals surface area (Å²) in [5.74, 6) is 0.824. The number of ether oxygens (including phenoxy) is 1. The minimum absolute atomic E-state index is 0.0137. The van der Waals surface area contributed by atoms with Crippen molar-refractivity contribution in [1.82, 2.24) is 9.88 Å². The van der Waals surface area contributed by atoms with Crippen LogP contribution in [0.1, 0.15) is 37.7 Å². The molecule has 2 aliphatic rings. The number of carbonyl (C=O) groups is 2. The molecule has 2 N–H and O–H groups in total. The van der Waals surface area contributed by atoms with Crippen LogP contribution in [0.2, 0.25) is 0 Å². The van der Waals surface area contributed by atoms with Gasteiger partial charge in [-0.1, -0.05) is 0 Å². The first-order chi connectivity index (χ1) is 19.0. The zero-order valence-corrected chi connectivity index (χ0v) is 22.3. The van der Waals surface area contributed by atoms with Gasteiger partial charge in [-0.15, -0.1) is 0 Å². The van der Waals surface area contributed by atoms with Gasteiger partial charge in [-0.3, -0.25) is 9.78 Å². The number of hydrogen-bond donors (Lipinski definition) is 2. The van der Waals surface area contributed by atoms with Crippen LogP contribution in [0.4, 0.5) is 21.9 Å². The molecule has 39 heavy (non-hydrogen) atoms. The van der Waals surface area contributed by atoms with Crippen molar-refractivity contribution >= 4 is 35.1 Å². The van der Waals surface area contributed by atoms with Crippen LogP contribution in [-0.4, -0.2) is 54.1 Å². The first-order valence-electron chi connectivity index (χ1n) is 13.6. The van der Waals surface area contributed by atoms with Gasteiger partial charge in [-0.05, 0) is 104 Å². The SMILES string of the molecule is CN(C(=O)/C=C/c1ccncc1)C1CCN(c2ccc(NC(=O)Nc3ccc(OC4CCCC4)cc3)cc2)C1. The van der Waals surface area contributed by atoms with Crippen LogP contribution >= 0.6 is 0 Å². The first-order valence-corrected chi connectivity index (χ1v) is 13.6. The summed E-state index contributed by atoms with van der Waals surface area (Å²) in [7, 11) is 1.86. The molecular weight excluding hydrogens is 490 g/mol. The lowest BCUT2D eigenvalue weighted by Gasteiger charge is -2.24. The lowest BCUT2D eigenvalue weighted by atomic mass is 10.2. The maximum Gasteiger partial charge on any atom is 0.323 e. The van der Waals surface area contributed by atoms with Gasteiger partial charge in [-0.25, -0.2) is 4.79 Å². The van der Waals surface area contributed by atoms with E-state index in [-0.39, 0.29) is 18.0 Å². The molecule has 2 fully saturated rings. The molecule has 5 rings (SSSR count). The Bertz CT molecular complexity index is 1270. The van der Waals surface area contributed by atoms with Crippen molar-refractivity contribution in [2.45, 2.75) is 44.2 Å². The summed E-state index contributed by atoms with van der Waals surface area (Å²) in [5, 5.41) is 5.76. The van der Waals surface area contributed by atoms with Crippen molar-refractivity contribution in [2.24, 2.45) is 0 Å². The van der Waals surface area contributed by atoms with Gasteiger partial charge in [-0.2, -0.15) is 0 Å². The summed E-state index contributed by atoms with van der Waals surface area (Å²) in [5.41, 5.74) is 3.43. The summed E-state index contributed by atoms with van der Waals surface area (Å²) >= 11 is 0. The number of urea groups is 1. The number of amides is 3. The maximum absolute atomic E-state index is 12.7. The molecule has 2 aromatic carbocycles. The summed E-state index contributed by atoms with van der Waals surface area (Å²) in [6, 6.07) is 18.9. The Morgan fingerprint density at radius 1 is 0.923 bits per heavy atom. The molecule has 1 saturated carbocycles. The van der Waals surface area contributed by atoms with Gasteiger partial charge < -0.3 is 25.2 Å². The minimum Gasteiger partial charge on any atom is -0.490 e. The molecule has 0 bridgehead atoms. The normalized spacial score (nSPS) is 17.4. The molecule has 1 unspecified atom stereocenters. The van der Waals surface area contributed by atoms with Crippen LogP contribution in [0.5, 0.6) is 5.75 Å². The second-order valence-electron chi connectivity index (χ2n) is 10.1. The fourth-order valence-electron chi connectivity index (χ4n) is 5.10. The molecule has 1 atom stereocenters. The number of pyridine rings is 1. The maximum atomic E-state index is 12.7. The second-order valence-corrected chi connectivity index (χ2v) is 10.1. The molecule has 202 valence electrons. The summed E-state index contributed by atoms with van der Waals surface area (Å²) in [6.07, 6.45) is 12.7. The van der Waals surface area contributed by atoms with Crippen LogP contribution in [-0.2, 0) is 4.79 Å². The van der Waals surface area contributed by atoms with E-state index in [1.54, 1.807) is 18.5 Å². The Morgan fingerprint density at radius 3 is 2.23 bits per heavy atom. The average Bonchev–Trinajstić information content (AvgIpc) is 3.66. The van der Waals surface area contributed by atoms with Crippen LogP contribution in [0.25, 0.3) is 6.08 Å². The second kappa shape index (κ2) is 12.5. The van der Waals surface area contributed by atoms with E-state index in [4.69, 9.17) is 4.74 Å². The van der Waals surface area contributed by atoms with E-state index in [1.807, 2.05) is 78.7 Å². The van der Waals surface area contributed by atoms with E-state index < -0.39 is 0 Å². The zero-order chi connectivity index (χ0) is 27.0. The topological polar surface area (TPSA) is 86.8 Å². The number of aromatic nitrogens is 1. The van der Waals surface area contributed by atoms with Crippen molar-refractivity contribution in [1.29, 1.82) is 0 Å². The molecule has 0 spiro atoms. The molecule has 8 nitrogen and oxygen atoms in total. The lowest BCUT2D eigenvalue weighted by molar-refractivity contribution is -0.126. The molecule has 8 heteroatoms. The smallest absolute Gasteiger partial charge is 0.323 e. The van der Waals surface area contributed by atoms with E-state index in [0.717, 1.165) is 49.4 Å². The van der Waals surface area contributed by atoms with Crippen molar-refractivity contribution in [3.63, 3.8) is 0 Å². The number of carbonyl (C=O) groups excluding carboxylic acids is 2. The molecule has 2 heterocycles. The summed E-state index contributed by atoms with van der Waals surface area (Å²) < 4.78 is 5.99. The molecule has 1 aliphatic heterocycles. The van der Waals surface area contributed by atoms with Gasteiger partial charge in [0, 0.05) is 55.7 Å². The van der Waals surface area contributed by atoms with Crippen molar-refractivity contribution in [3.8, 4) is 5.75 Å². The highest BCUT2D eigenvalue weighted by atomic mass is 16.5. The largest absolute Gasteiger partial charge is 0.490 e. The highest BCUT2D eigenvalue weighted by Gasteiger charge is 2.27. The highest BCUT2D eigenvalue weighted by Crippen LogP contribution is 2.26. The minimum atomic E-state index is -0.298. The fraction of sp³-hybridized carbons (Fsp3) is 0.323. The third kappa shape index (κ3) is 7.16. The number of benzene rings is 2. The number of hydrogen-bond acceptors (Lipinski definition) is 5. The van der Waals surface area contributed by atoms with Crippen LogP contribution in [0.15, 0.2) is 79.1 Å². The Labute approximate surface area is 229 Å². The van der Waals surface area contributed by atoms with Crippen LogP contribution < -0.4 is 20.3 Å². The Hall–Kier alpha value is -4.33. The van der Waals surface area contributed by atoms with E-state index >= 15 is 0 Å². The van der Waals surface area contributed by atoms with Crippen molar-refractivity contribution in [2.75, 3.05) is 35.7 Å². The molecule has 3 amide bonds.